The van der Waals surface area contributed by atoms with E-state index in [-0.39, 0.29) is 0 Å². The minimum atomic E-state index is 0.345. The van der Waals surface area contributed by atoms with Crippen LogP contribution in [0.2, 0.25) is 0 Å². The average molecular weight is 230 g/mol. The molecular weight excluding hydrogens is 212 g/mol. The van der Waals surface area contributed by atoms with E-state index in [1.54, 1.807) is 25.1 Å². The Hall–Kier alpha value is -0.520. The molecule has 1 aromatic rings. The van der Waals surface area contributed by atoms with Gasteiger partial charge in [-0.15, -0.1) is 0 Å². The second-order valence-corrected chi connectivity index (χ2v) is 4.25. The molecule has 1 unspecified atom stereocenters. The van der Waals surface area contributed by atoms with Gasteiger partial charge in [0.25, 0.3) is 5.22 Å². The summed E-state index contributed by atoms with van der Waals surface area (Å²) in [6.07, 6.45) is 1.67. The first kappa shape index (κ1) is 12.5. The molecule has 0 aliphatic rings. The van der Waals surface area contributed by atoms with Crippen LogP contribution in [0.4, 0.5) is 0 Å². The van der Waals surface area contributed by atoms with E-state index in [0.29, 0.717) is 12.6 Å². The van der Waals surface area contributed by atoms with Crippen LogP contribution in [0.3, 0.4) is 0 Å². The van der Waals surface area contributed by atoms with Gasteiger partial charge < -0.3 is 14.5 Å². The number of hydrogen-bond donors (Lipinski definition) is 1. The summed E-state index contributed by atoms with van der Waals surface area (Å²) in [6, 6.07) is 0.345. The van der Waals surface area contributed by atoms with E-state index in [4.69, 9.17) is 9.15 Å². The lowest BCUT2D eigenvalue weighted by molar-refractivity contribution is 0.174. The van der Waals surface area contributed by atoms with Crippen molar-refractivity contribution in [3.63, 3.8) is 0 Å². The van der Waals surface area contributed by atoms with Crippen LogP contribution in [0.5, 0.6) is 0 Å². The van der Waals surface area contributed by atoms with Gasteiger partial charge in [0.05, 0.1) is 12.3 Å². The molecule has 1 heterocycles. The summed E-state index contributed by atoms with van der Waals surface area (Å²) in [6.45, 7) is 5.66. The number of ether oxygens (including phenoxy) is 1. The van der Waals surface area contributed by atoms with Crippen LogP contribution in [0, 0.1) is 6.92 Å². The summed E-state index contributed by atoms with van der Waals surface area (Å²) in [5.74, 6) is 0.904. The molecule has 0 radical (unpaired) electrons. The smallest absolute Gasteiger partial charge is 0.255 e. The second kappa shape index (κ2) is 6.87. The van der Waals surface area contributed by atoms with Gasteiger partial charge in [-0.05, 0) is 13.5 Å². The monoisotopic (exact) mass is 230 g/mol. The van der Waals surface area contributed by atoms with Crippen LogP contribution >= 0.6 is 11.8 Å². The van der Waals surface area contributed by atoms with E-state index >= 15 is 0 Å². The van der Waals surface area contributed by atoms with Crippen molar-refractivity contribution in [1.29, 1.82) is 0 Å². The molecule has 0 amide bonds. The highest BCUT2D eigenvalue weighted by atomic mass is 32.2. The predicted molar refractivity (Wildman–Crippen MR) is 61.3 cm³/mol. The molecule has 0 aliphatic heterocycles. The minimum absolute atomic E-state index is 0.345. The highest BCUT2D eigenvalue weighted by Gasteiger charge is 2.09. The van der Waals surface area contributed by atoms with E-state index in [9.17, 15) is 0 Å². The first-order valence-electron chi connectivity index (χ1n) is 5.03. The number of aryl methyl sites for hydroxylation is 1. The van der Waals surface area contributed by atoms with Gasteiger partial charge in [0.1, 0.15) is 6.26 Å². The van der Waals surface area contributed by atoms with Crippen molar-refractivity contribution in [3.8, 4) is 0 Å². The molecule has 0 bridgehead atoms. The molecule has 0 fully saturated rings. The zero-order chi connectivity index (χ0) is 11.1. The summed E-state index contributed by atoms with van der Waals surface area (Å²) < 4.78 is 10.4. The van der Waals surface area contributed by atoms with Gasteiger partial charge in [-0.1, -0.05) is 18.7 Å². The largest absolute Gasteiger partial charge is 0.440 e. The number of nitrogens with one attached hydrogen (secondary N) is 1. The minimum Gasteiger partial charge on any atom is -0.440 e. The van der Waals surface area contributed by atoms with E-state index < -0.39 is 0 Å². The Morgan fingerprint density at radius 2 is 2.47 bits per heavy atom. The highest BCUT2D eigenvalue weighted by Crippen LogP contribution is 2.17. The third kappa shape index (κ3) is 4.68. The van der Waals surface area contributed by atoms with Crippen molar-refractivity contribution in [2.24, 2.45) is 0 Å². The Balaban J connectivity index is 2.32. The Morgan fingerprint density at radius 1 is 1.67 bits per heavy atom. The fraction of sp³-hybridized carbons (Fsp3) is 0.700. The molecular formula is C10H18N2O2S. The number of aromatic nitrogens is 1. The normalized spacial score (nSPS) is 13.0. The molecule has 1 rings (SSSR count). The van der Waals surface area contributed by atoms with Gasteiger partial charge in [0.15, 0.2) is 0 Å². The van der Waals surface area contributed by atoms with Crippen LogP contribution < -0.4 is 5.32 Å². The molecule has 1 aromatic heterocycles. The number of oxazole rings is 1. The number of rotatable bonds is 7. The molecule has 1 N–H and O–H groups in total. The molecule has 0 spiro atoms. The Labute approximate surface area is 94.8 Å². The van der Waals surface area contributed by atoms with Crippen LogP contribution in [0.25, 0.3) is 0 Å². The van der Waals surface area contributed by atoms with Crippen molar-refractivity contribution < 1.29 is 9.15 Å². The van der Waals surface area contributed by atoms with Crippen molar-refractivity contribution >= 4 is 11.8 Å². The predicted octanol–water partition coefficient (Wildman–Crippen LogP) is 1.70. The molecule has 1 atom stereocenters. The Morgan fingerprint density at radius 3 is 3.00 bits per heavy atom. The molecule has 15 heavy (non-hydrogen) atoms. The molecule has 86 valence electrons. The first-order valence-corrected chi connectivity index (χ1v) is 6.02. The summed E-state index contributed by atoms with van der Waals surface area (Å²) >= 11 is 1.61. The van der Waals surface area contributed by atoms with Crippen molar-refractivity contribution in [2.45, 2.75) is 25.1 Å². The van der Waals surface area contributed by atoms with Crippen molar-refractivity contribution in [3.05, 3.63) is 12.0 Å². The van der Waals surface area contributed by atoms with Crippen molar-refractivity contribution in [1.82, 2.24) is 10.3 Å². The highest BCUT2D eigenvalue weighted by molar-refractivity contribution is 7.99. The van der Waals surface area contributed by atoms with Crippen LogP contribution in [0.1, 0.15) is 12.6 Å². The number of likely N-dealkylation sites (N-methyl/N-ethyl adjacent to an activating group) is 1. The first-order chi connectivity index (χ1) is 7.26. The maximum atomic E-state index is 5.25. The Kier molecular flexibility index (Phi) is 5.75. The molecule has 4 nitrogen and oxygen atoms in total. The number of nitrogens with zero attached hydrogens (tertiary/aromatic N) is 1. The number of thioether (sulfide) groups is 1. The zero-order valence-electron chi connectivity index (χ0n) is 9.45. The van der Waals surface area contributed by atoms with Gasteiger partial charge >= 0.3 is 0 Å². The fourth-order valence-electron chi connectivity index (χ4n) is 1.23. The summed E-state index contributed by atoms with van der Waals surface area (Å²) in [5.41, 5.74) is 0.921. The van der Waals surface area contributed by atoms with E-state index in [0.717, 1.165) is 23.2 Å². The summed E-state index contributed by atoms with van der Waals surface area (Å²) in [7, 11) is 1.71. The van der Waals surface area contributed by atoms with Crippen molar-refractivity contribution in [2.75, 3.05) is 26.0 Å². The second-order valence-electron chi connectivity index (χ2n) is 3.28. The summed E-state index contributed by atoms with van der Waals surface area (Å²) in [4.78, 5) is 4.23. The number of hydrogen-bond acceptors (Lipinski definition) is 5. The van der Waals surface area contributed by atoms with Gasteiger partial charge in [0.2, 0.25) is 0 Å². The van der Waals surface area contributed by atoms with Gasteiger partial charge in [-0.25, -0.2) is 4.98 Å². The quantitative estimate of drug-likeness (QED) is 0.722. The molecule has 0 saturated heterocycles. The third-order valence-corrected chi connectivity index (χ3v) is 2.87. The van der Waals surface area contributed by atoms with Crippen LogP contribution in [-0.2, 0) is 4.74 Å². The molecule has 5 heteroatoms. The van der Waals surface area contributed by atoms with Crippen LogP contribution in [0.15, 0.2) is 15.9 Å². The van der Waals surface area contributed by atoms with E-state index in [2.05, 4.69) is 17.2 Å². The Bertz CT molecular complexity index is 272. The molecule has 0 aliphatic carbocycles. The standard InChI is InChI=1S/C10H18N2O2S/c1-4-11-9(6-13-3)7-15-10-12-8(2)5-14-10/h5,9,11H,4,6-7H2,1-3H3. The number of methoxy groups -OCH3 is 1. The molecule has 0 aromatic carbocycles. The topological polar surface area (TPSA) is 47.3 Å². The zero-order valence-corrected chi connectivity index (χ0v) is 10.3. The fourth-order valence-corrected chi connectivity index (χ4v) is 2.11. The van der Waals surface area contributed by atoms with Gasteiger partial charge in [-0.2, -0.15) is 0 Å². The molecule has 0 saturated carbocycles. The lowest BCUT2D eigenvalue weighted by Gasteiger charge is -2.14. The average Bonchev–Trinajstić information content (AvgIpc) is 2.61. The van der Waals surface area contributed by atoms with E-state index in [1.165, 1.54) is 0 Å². The lowest BCUT2D eigenvalue weighted by atomic mass is 10.3. The maximum Gasteiger partial charge on any atom is 0.255 e. The lowest BCUT2D eigenvalue weighted by Crippen LogP contribution is -2.35. The van der Waals surface area contributed by atoms with Crippen LogP contribution in [-0.4, -0.2) is 37.0 Å². The van der Waals surface area contributed by atoms with Gasteiger partial charge in [-0.3, -0.25) is 0 Å². The third-order valence-electron chi connectivity index (χ3n) is 1.87. The van der Waals surface area contributed by atoms with Gasteiger partial charge in [0, 0.05) is 18.9 Å². The summed E-state index contributed by atoms with van der Waals surface area (Å²) in [5, 5.41) is 4.07. The van der Waals surface area contributed by atoms with E-state index in [1.807, 2.05) is 6.92 Å². The maximum absolute atomic E-state index is 5.25. The SMILES string of the molecule is CCNC(COC)CSc1nc(C)co1.